The fourth-order valence-electron chi connectivity index (χ4n) is 2.83. The van der Waals surface area contributed by atoms with Crippen LogP contribution in [0.3, 0.4) is 0 Å². The molecule has 0 bridgehead atoms. The van der Waals surface area contributed by atoms with Gasteiger partial charge in [-0.2, -0.15) is 0 Å². The van der Waals surface area contributed by atoms with E-state index in [9.17, 15) is 0 Å². The number of para-hydroxylation sites is 1. The van der Waals surface area contributed by atoms with E-state index in [0.29, 0.717) is 0 Å². The SMILES string of the molecule is CCNC(c1cc2cccc(C)c2o1)c1ccoc1CC. The van der Waals surface area contributed by atoms with Crippen LogP contribution in [0.4, 0.5) is 0 Å². The monoisotopic (exact) mass is 283 g/mol. The largest absolute Gasteiger partial charge is 0.469 e. The van der Waals surface area contributed by atoms with E-state index in [1.807, 2.05) is 6.07 Å². The molecule has 110 valence electrons. The van der Waals surface area contributed by atoms with Gasteiger partial charge in [0.2, 0.25) is 0 Å². The summed E-state index contributed by atoms with van der Waals surface area (Å²) in [5.41, 5.74) is 3.30. The van der Waals surface area contributed by atoms with Crippen LogP contribution in [-0.2, 0) is 6.42 Å². The Labute approximate surface area is 124 Å². The van der Waals surface area contributed by atoms with Crippen molar-refractivity contribution in [3.63, 3.8) is 0 Å². The molecule has 1 unspecified atom stereocenters. The Balaban J connectivity index is 2.09. The van der Waals surface area contributed by atoms with Gasteiger partial charge in [-0.3, -0.25) is 0 Å². The lowest BCUT2D eigenvalue weighted by Crippen LogP contribution is -2.22. The van der Waals surface area contributed by atoms with Gasteiger partial charge in [0.25, 0.3) is 0 Å². The number of hydrogen-bond donors (Lipinski definition) is 1. The van der Waals surface area contributed by atoms with Crippen LogP contribution in [0.2, 0.25) is 0 Å². The number of benzene rings is 1. The zero-order valence-electron chi connectivity index (χ0n) is 12.8. The highest BCUT2D eigenvalue weighted by Gasteiger charge is 2.22. The third kappa shape index (κ3) is 2.49. The van der Waals surface area contributed by atoms with E-state index < -0.39 is 0 Å². The first-order valence-corrected chi connectivity index (χ1v) is 7.53. The highest BCUT2D eigenvalue weighted by molar-refractivity contribution is 5.81. The fourth-order valence-corrected chi connectivity index (χ4v) is 2.83. The molecule has 3 aromatic rings. The highest BCUT2D eigenvalue weighted by atomic mass is 16.3. The molecule has 21 heavy (non-hydrogen) atoms. The van der Waals surface area contributed by atoms with Crippen LogP contribution >= 0.6 is 0 Å². The van der Waals surface area contributed by atoms with Gasteiger partial charge in [0.1, 0.15) is 17.1 Å². The molecule has 0 saturated carbocycles. The molecule has 0 saturated heterocycles. The second-order valence-electron chi connectivity index (χ2n) is 5.29. The molecule has 0 aliphatic rings. The Morgan fingerprint density at radius 3 is 2.76 bits per heavy atom. The van der Waals surface area contributed by atoms with Crippen LogP contribution in [0.15, 0.2) is 45.4 Å². The molecule has 0 aliphatic heterocycles. The van der Waals surface area contributed by atoms with E-state index in [2.05, 4.69) is 50.4 Å². The maximum atomic E-state index is 6.13. The van der Waals surface area contributed by atoms with Crippen LogP contribution in [0, 0.1) is 6.92 Å². The number of aryl methyl sites for hydroxylation is 2. The van der Waals surface area contributed by atoms with Crippen LogP contribution in [-0.4, -0.2) is 6.54 Å². The van der Waals surface area contributed by atoms with Crippen molar-refractivity contribution in [2.45, 2.75) is 33.2 Å². The van der Waals surface area contributed by atoms with Crippen molar-refractivity contribution in [3.8, 4) is 0 Å². The van der Waals surface area contributed by atoms with Crippen molar-refractivity contribution in [1.29, 1.82) is 0 Å². The van der Waals surface area contributed by atoms with E-state index in [-0.39, 0.29) is 6.04 Å². The molecular formula is C18H21NO2. The van der Waals surface area contributed by atoms with Crippen LogP contribution in [0.1, 0.15) is 42.5 Å². The van der Waals surface area contributed by atoms with Crippen molar-refractivity contribution in [1.82, 2.24) is 5.32 Å². The van der Waals surface area contributed by atoms with E-state index in [0.717, 1.165) is 46.6 Å². The highest BCUT2D eigenvalue weighted by Crippen LogP contribution is 2.32. The standard InChI is InChI=1S/C18H21NO2/c1-4-15-14(9-10-20-15)17(19-5-2)16-11-13-8-6-7-12(3)18(13)21-16/h6-11,17,19H,4-5H2,1-3H3. The number of nitrogens with one attached hydrogen (secondary N) is 1. The Morgan fingerprint density at radius 1 is 1.19 bits per heavy atom. The smallest absolute Gasteiger partial charge is 0.137 e. The van der Waals surface area contributed by atoms with E-state index in [1.54, 1.807) is 6.26 Å². The van der Waals surface area contributed by atoms with E-state index in [1.165, 1.54) is 0 Å². The molecule has 3 nitrogen and oxygen atoms in total. The molecule has 2 heterocycles. The van der Waals surface area contributed by atoms with Crippen molar-refractivity contribution < 1.29 is 8.83 Å². The van der Waals surface area contributed by atoms with E-state index >= 15 is 0 Å². The average Bonchev–Trinajstić information content (AvgIpc) is 3.11. The zero-order valence-corrected chi connectivity index (χ0v) is 12.8. The van der Waals surface area contributed by atoms with Crippen molar-refractivity contribution in [2.24, 2.45) is 0 Å². The minimum atomic E-state index is 0.0375. The van der Waals surface area contributed by atoms with Gasteiger partial charge in [-0.05, 0) is 31.2 Å². The van der Waals surface area contributed by atoms with Crippen molar-refractivity contribution in [2.75, 3.05) is 6.54 Å². The molecule has 1 atom stereocenters. The molecule has 0 fully saturated rings. The minimum Gasteiger partial charge on any atom is -0.469 e. The number of furan rings is 2. The summed E-state index contributed by atoms with van der Waals surface area (Å²) < 4.78 is 11.7. The quantitative estimate of drug-likeness (QED) is 0.744. The zero-order chi connectivity index (χ0) is 14.8. The average molecular weight is 283 g/mol. The van der Waals surface area contributed by atoms with Gasteiger partial charge >= 0.3 is 0 Å². The maximum absolute atomic E-state index is 6.13. The molecule has 0 amide bonds. The van der Waals surface area contributed by atoms with Crippen LogP contribution < -0.4 is 5.32 Å². The van der Waals surface area contributed by atoms with Crippen molar-refractivity contribution in [3.05, 3.63) is 59.2 Å². The Morgan fingerprint density at radius 2 is 2.05 bits per heavy atom. The van der Waals surface area contributed by atoms with Gasteiger partial charge in [0.05, 0.1) is 12.3 Å². The summed E-state index contributed by atoms with van der Waals surface area (Å²) in [7, 11) is 0. The summed E-state index contributed by atoms with van der Waals surface area (Å²) in [6.07, 6.45) is 2.63. The summed E-state index contributed by atoms with van der Waals surface area (Å²) in [4.78, 5) is 0. The summed E-state index contributed by atoms with van der Waals surface area (Å²) in [6.45, 7) is 7.16. The molecule has 0 aliphatic carbocycles. The second-order valence-corrected chi connectivity index (χ2v) is 5.29. The van der Waals surface area contributed by atoms with E-state index in [4.69, 9.17) is 8.83 Å². The number of hydrogen-bond acceptors (Lipinski definition) is 3. The summed E-state index contributed by atoms with van der Waals surface area (Å²) in [6, 6.07) is 10.4. The third-order valence-electron chi connectivity index (χ3n) is 3.86. The summed E-state index contributed by atoms with van der Waals surface area (Å²) in [5.74, 6) is 1.95. The van der Waals surface area contributed by atoms with Crippen molar-refractivity contribution >= 4 is 11.0 Å². The normalized spacial score (nSPS) is 12.9. The first-order valence-electron chi connectivity index (χ1n) is 7.53. The van der Waals surface area contributed by atoms with Gasteiger partial charge < -0.3 is 14.2 Å². The molecule has 1 N–H and O–H groups in total. The molecule has 2 aromatic heterocycles. The Kier molecular flexibility index (Phi) is 3.84. The third-order valence-corrected chi connectivity index (χ3v) is 3.86. The molecule has 3 heteroatoms. The molecule has 1 aromatic carbocycles. The maximum Gasteiger partial charge on any atom is 0.137 e. The molecule has 0 spiro atoms. The van der Waals surface area contributed by atoms with Gasteiger partial charge in [0, 0.05) is 17.4 Å². The van der Waals surface area contributed by atoms with Gasteiger partial charge in [-0.1, -0.05) is 32.0 Å². The van der Waals surface area contributed by atoms with Crippen LogP contribution in [0.25, 0.3) is 11.0 Å². The van der Waals surface area contributed by atoms with Gasteiger partial charge in [-0.25, -0.2) is 0 Å². The topological polar surface area (TPSA) is 38.3 Å². The fraction of sp³-hybridized carbons (Fsp3) is 0.333. The summed E-state index contributed by atoms with van der Waals surface area (Å²) >= 11 is 0. The summed E-state index contributed by atoms with van der Waals surface area (Å²) in [5, 5.41) is 4.65. The number of fused-ring (bicyclic) bond motifs is 1. The first-order chi connectivity index (χ1) is 10.2. The molecule has 0 radical (unpaired) electrons. The molecule has 3 rings (SSSR count). The van der Waals surface area contributed by atoms with Gasteiger partial charge in [0.15, 0.2) is 0 Å². The number of rotatable bonds is 5. The lowest BCUT2D eigenvalue weighted by atomic mass is 10.0. The predicted octanol–water partition coefficient (Wildman–Crippen LogP) is 4.60. The predicted molar refractivity (Wildman–Crippen MR) is 84.6 cm³/mol. The Bertz CT molecular complexity index is 739. The lowest BCUT2D eigenvalue weighted by Gasteiger charge is -2.15. The van der Waals surface area contributed by atoms with Crippen LogP contribution in [0.5, 0.6) is 0 Å². The van der Waals surface area contributed by atoms with Gasteiger partial charge in [-0.15, -0.1) is 0 Å². The molecular weight excluding hydrogens is 262 g/mol. The first kappa shape index (κ1) is 14.0. The second kappa shape index (κ2) is 5.78. The lowest BCUT2D eigenvalue weighted by molar-refractivity contribution is 0.459. The Hall–Kier alpha value is -2.00. The minimum absolute atomic E-state index is 0.0375.